The largest absolute Gasteiger partial charge is 0.480 e. The lowest BCUT2D eigenvalue weighted by Gasteiger charge is -2.40. The van der Waals surface area contributed by atoms with E-state index in [4.69, 9.17) is 9.47 Å². The molecule has 3 aliphatic rings. The Morgan fingerprint density at radius 2 is 1.84 bits per heavy atom. The summed E-state index contributed by atoms with van der Waals surface area (Å²) in [4.78, 5) is 28.6. The molecule has 7 heteroatoms. The Kier molecular flexibility index (Phi) is 4.25. The molecule has 1 aromatic carbocycles. The molecule has 1 aromatic rings. The summed E-state index contributed by atoms with van der Waals surface area (Å²) in [5.41, 5.74) is 0.440. The first-order valence-corrected chi connectivity index (χ1v) is 8.81. The normalized spacial score (nSPS) is 26.0. The SMILES string of the molecule is O=C(O)C1CC(N2CCCC2)CCN1C(=O)c1ccc2c(c1)OCO2. The Labute approximate surface area is 146 Å². The molecule has 1 N–H and O–H groups in total. The highest BCUT2D eigenvalue weighted by atomic mass is 16.7. The lowest BCUT2D eigenvalue weighted by atomic mass is 9.95. The summed E-state index contributed by atoms with van der Waals surface area (Å²) in [6.07, 6.45) is 3.66. The number of amides is 1. The van der Waals surface area contributed by atoms with Gasteiger partial charge in [0.2, 0.25) is 6.79 Å². The van der Waals surface area contributed by atoms with Crippen LogP contribution in [-0.2, 0) is 4.79 Å². The summed E-state index contributed by atoms with van der Waals surface area (Å²) in [7, 11) is 0. The first-order valence-electron chi connectivity index (χ1n) is 8.81. The van der Waals surface area contributed by atoms with Crippen molar-refractivity contribution in [3.63, 3.8) is 0 Å². The minimum atomic E-state index is -0.932. The van der Waals surface area contributed by atoms with Gasteiger partial charge in [0, 0.05) is 18.2 Å². The van der Waals surface area contributed by atoms with Gasteiger partial charge in [0.05, 0.1) is 0 Å². The van der Waals surface area contributed by atoms with Crippen molar-refractivity contribution in [1.29, 1.82) is 0 Å². The van der Waals surface area contributed by atoms with Crippen molar-refractivity contribution in [2.24, 2.45) is 0 Å². The maximum atomic E-state index is 12.9. The number of carboxylic acids is 1. The van der Waals surface area contributed by atoms with E-state index in [0.29, 0.717) is 30.0 Å². The molecule has 1 amide bonds. The molecule has 0 aliphatic carbocycles. The molecule has 0 saturated carbocycles. The van der Waals surface area contributed by atoms with Gasteiger partial charge < -0.3 is 24.4 Å². The maximum absolute atomic E-state index is 12.9. The second-order valence-corrected chi connectivity index (χ2v) is 6.84. The van der Waals surface area contributed by atoms with Crippen LogP contribution in [0, 0.1) is 0 Å². The van der Waals surface area contributed by atoms with Crippen LogP contribution in [0.15, 0.2) is 18.2 Å². The fourth-order valence-electron chi connectivity index (χ4n) is 4.06. The molecule has 25 heavy (non-hydrogen) atoms. The molecular weight excluding hydrogens is 324 g/mol. The second kappa shape index (κ2) is 6.55. The van der Waals surface area contributed by atoms with Gasteiger partial charge in [-0.3, -0.25) is 4.79 Å². The van der Waals surface area contributed by atoms with E-state index in [-0.39, 0.29) is 18.7 Å². The first kappa shape index (κ1) is 16.2. The number of likely N-dealkylation sites (tertiary alicyclic amines) is 2. The third kappa shape index (κ3) is 3.04. The molecular formula is C18H22N2O5. The van der Waals surface area contributed by atoms with Crippen molar-refractivity contribution in [3.8, 4) is 11.5 Å². The van der Waals surface area contributed by atoms with Gasteiger partial charge in [-0.1, -0.05) is 0 Å². The number of aliphatic carboxylic acids is 1. The number of nitrogens with zero attached hydrogens (tertiary/aromatic N) is 2. The summed E-state index contributed by atoms with van der Waals surface area (Å²) in [5.74, 6) is -0.0488. The molecule has 2 fully saturated rings. The van der Waals surface area contributed by atoms with Gasteiger partial charge in [0.15, 0.2) is 11.5 Å². The van der Waals surface area contributed by atoms with Crippen molar-refractivity contribution in [2.45, 2.75) is 37.8 Å². The Morgan fingerprint density at radius 1 is 1.08 bits per heavy atom. The number of carbonyl (C=O) groups is 2. The smallest absolute Gasteiger partial charge is 0.326 e. The average molecular weight is 346 g/mol. The number of rotatable bonds is 3. The summed E-state index contributed by atoms with van der Waals surface area (Å²) >= 11 is 0. The lowest BCUT2D eigenvalue weighted by Crippen LogP contribution is -2.54. The minimum Gasteiger partial charge on any atom is -0.480 e. The van der Waals surface area contributed by atoms with Crippen molar-refractivity contribution in [3.05, 3.63) is 23.8 Å². The summed E-state index contributed by atoms with van der Waals surface area (Å²) in [6.45, 7) is 2.68. The summed E-state index contributed by atoms with van der Waals surface area (Å²) < 4.78 is 10.6. The van der Waals surface area contributed by atoms with Crippen LogP contribution in [0.3, 0.4) is 0 Å². The maximum Gasteiger partial charge on any atom is 0.326 e. The quantitative estimate of drug-likeness (QED) is 0.895. The van der Waals surface area contributed by atoms with Crippen LogP contribution in [0.4, 0.5) is 0 Å². The minimum absolute atomic E-state index is 0.145. The van der Waals surface area contributed by atoms with E-state index in [1.807, 2.05) is 0 Å². The molecule has 4 rings (SSSR count). The van der Waals surface area contributed by atoms with Gasteiger partial charge in [0.1, 0.15) is 6.04 Å². The zero-order valence-electron chi connectivity index (χ0n) is 14.0. The topological polar surface area (TPSA) is 79.3 Å². The number of hydrogen-bond donors (Lipinski definition) is 1. The molecule has 134 valence electrons. The Hall–Kier alpha value is -2.28. The Morgan fingerprint density at radius 3 is 2.60 bits per heavy atom. The van der Waals surface area contributed by atoms with E-state index in [1.54, 1.807) is 18.2 Å². The van der Waals surface area contributed by atoms with Crippen LogP contribution in [0.5, 0.6) is 11.5 Å². The van der Waals surface area contributed by atoms with Crippen molar-refractivity contribution in [1.82, 2.24) is 9.80 Å². The van der Waals surface area contributed by atoms with Gasteiger partial charge in [0.25, 0.3) is 5.91 Å². The fourth-order valence-corrected chi connectivity index (χ4v) is 4.06. The Bertz CT molecular complexity index is 686. The summed E-state index contributed by atoms with van der Waals surface area (Å²) in [5, 5.41) is 9.66. The van der Waals surface area contributed by atoms with Crippen LogP contribution < -0.4 is 9.47 Å². The van der Waals surface area contributed by atoms with Crippen LogP contribution in [0.2, 0.25) is 0 Å². The third-order valence-corrected chi connectivity index (χ3v) is 5.40. The van der Waals surface area contributed by atoms with E-state index >= 15 is 0 Å². The van der Waals surface area contributed by atoms with Crippen molar-refractivity contribution < 1.29 is 24.2 Å². The molecule has 0 aromatic heterocycles. The number of carbonyl (C=O) groups excluding carboxylic acids is 1. The second-order valence-electron chi connectivity index (χ2n) is 6.84. The zero-order chi connectivity index (χ0) is 17.4. The highest BCUT2D eigenvalue weighted by Crippen LogP contribution is 2.34. The van der Waals surface area contributed by atoms with E-state index in [9.17, 15) is 14.7 Å². The standard InChI is InChI=1S/C18H22N2O5/c21-17(12-3-4-15-16(9-12)25-11-24-15)20-8-5-13(10-14(20)18(22)23)19-6-1-2-7-19/h3-4,9,13-14H,1-2,5-8,10-11H2,(H,22,23). The molecule has 7 nitrogen and oxygen atoms in total. The fraction of sp³-hybridized carbons (Fsp3) is 0.556. The summed E-state index contributed by atoms with van der Waals surface area (Å²) in [6, 6.07) is 4.47. The van der Waals surface area contributed by atoms with Gasteiger partial charge >= 0.3 is 5.97 Å². The number of benzene rings is 1. The van der Waals surface area contributed by atoms with Gasteiger partial charge in [-0.05, 0) is 57.0 Å². The van der Waals surface area contributed by atoms with Gasteiger partial charge in [-0.2, -0.15) is 0 Å². The molecule has 0 radical (unpaired) electrons. The molecule has 3 heterocycles. The van der Waals surface area contributed by atoms with E-state index in [1.165, 1.54) is 17.7 Å². The molecule has 2 saturated heterocycles. The number of piperidine rings is 1. The van der Waals surface area contributed by atoms with E-state index < -0.39 is 12.0 Å². The molecule has 2 atom stereocenters. The van der Waals surface area contributed by atoms with Crippen molar-refractivity contribution in [2.75, 3.05) is 26.4 Å². The van der Waals surface area contributed by atoms with Gasteiger partial charge in [-0.15, -0.1) is 0 Å². The average Bonchev–Trinajstić information content (AvgIpc) is 3.31. The van der Waals surface area contributed by atoms with E-state index in [2.05, 4.69) is 4.90 Å². The predicted molar refractivity (Wildman–Crippen MR) is 88.9 cm³/mol. The monoisotopic (exact) mass is 346 g/mol. The molecule has 0 spiro atoms. The van der Waals surface area contributed by atoms with Crippen LogP contribution in [0.25, 0.3) is 0 Å². The highest BCUT2D eigenvalue weighted by Gasteiger charge is 2.39. The van der Waals surface area contributed by atoms with E-state index in [0.717, 1.165) is 19.5 Å². The molecule has 0 bridgehead atoms. The zero-order valence-corrected chi connectivity index (χ0v) is 14.0. The van der Waals surface area contributed by atoms with Gasteiger partial charge in [-0.25, -0.2) is 4.79 Å². The molecule has 2 unspecified atom stereocenters. The third-order valence-electron chi connectivity index (χ3n) is 5.40. The number of fused-ring (bicyclic) bond motifs is 1. The lowest BCUT2D eigenvalue weighted by molar-refractivity contribution is -0.144. The number of hydrogen-bond acceptors (Lipinski definition) is 5. The van der Waals surface area contributed by atoms with Crippen LogP contribution in [-0.4, -0.2) is 65.3 Å². The number of carboxylic acid groups (broad SMARTS) is 1. The Balaban J connectivity index is 1.52. The molecule has 3 aliphatic heterocycles. The number of ether oxygens (including phenoxy) is 2. The van der Waals surface area contributed by atoms with Crippen LogP contribution >= 0.6 is 0 Å². The van der Waals surface area contributed by atoms with Crippen LogP contribution in [0.1, 0.15) is 36.0 Å². The highest BCUT2D eigenvalue weighted by molar-refractivity contribution is 5.97. The first-order chi connectivity index (χ1) is 12.1. The predicted octanol–water partition coefficient (Wildman–Crippen LogP) is 1.57. The van der Waals surface area contributed by atoms with Crippen molar-refractivity contribution >= 4 is 11.9 Å².